The largest absolute Gasteiger partial charge is 0.311 e. The third-order valence-electron chi connectivity index (χ3n) is 6.23. The van der Waals surface area contributed by atoms with Crippen LogP contribution in [-0.2, 0) is 0 Å². The zero-order valence-corrected chi connectivity index (χ0v) is 14.8. The fourth-order valence-electron chi connectivity index (χ4n) is 6.03. The van der Waals surface area contributed by atoms with Gasteiger partial charge in [0.2, 0.25) is 0 Å². The number of piperidine rings is 1. The van der Waals surface area contributed by atoms with Crippen LogP contribution in [0.1, 0.15) is 79.6 Å². The Morgan fingerprint density at radius 1 is 0.952 bits per heavy atom. The SMILES string of the molecule is CC1CC2CCCC(NC3CC(C)(C)NC(C)(C)C3)C2C1. The van der Waals surface area contributed by atoms with E-state index in [1.165, 1.54) is 44.9 Å². The smallest absolute Gasteiger partial charge is 0.0144 e. The van der Waals surface area contributed by atoms with Gasteiger partial charge in [-0.3, -0.25) is 0 Å². The molecule has 1 aliphatic heterocycles. The van der Waals surface area contributed by atoms with Crippen LogP contribution in [0.5, 0.6) is 0 Å². The first-order chi connectivity index (χ1) is 9.74. The highest BCUT2D eigenvalue weighted by Crippen LogP contribution is 2.45. The van der Waals surface area contributed by atoms with E-state index in [2.05, 4.69) is 45.3 Å². The Balaban J connectivity index is 1.65. The van der Waals surface area contributed by atoms with E-state index >= 15 is 0 Å². The lowest BCUT2D eigenvalue weighted by Gasteiger charge is -2.48. The van der Waals surface area contributed by atoms with Gasteiger partial charge in [-0.2, -0.15) is 0 Å². The Hall–Kier alpha value is -0.0800. The summed E-state index contributed by atoms with van der Waals surface area (Å²) < 4.78 is 0. The van der Waals surface area contributed by atoms with Crippen molar-refractivity contribution in [2.75, 3.05) is 0 Å². The Labute approximate surface area is 131 Å². The third-order valence-corrected chi connectivity index (χ3v) is 6.23. The lowest BCUT2D eigenvalue weighted by Crippen LogP contribution is -2.63. The second kappa shape index (κ2) is 5.53. The molecule has 1 saturated heterocycles. The Morgan fingerprint density at radius 3 is 2.29 bits per heavy atom. The fraction of sp³-hybridized carbons (Fsp3) is 1.00. The molecular weight excluding hydrogens is 256 g/mol. The van der Waals surface area contributed by atoms with Gasteiger partial charge in [0, 0.05) is 23.2 Å². The zero-order valence-electron chi connectivity index (χ0n) is 14.8. The van der Waals surface area contributed by atoms with Gasteiger partial charge in [0.05, 0.1) is 0 Å². The minimum Gasteiger partial charge on any atom is -0.311 e. The lowest BCUT2D eigenvalue weighted by atomic mass is 9.75. The minimum absolute atomic E-state index is 0.260. The van der Waals surface area contributed by atoms with Crippen molar-refractivity contribution >= 4 is 0 Å². The van der Waals surface area contributed by atoms with Crippen molar-refractivity contribution < 1.29 is 0 Å². The molecule has 0 aromatic rings. The van der Waals surface area contributed by atoms with Crippen molar-refractivity contribution in [2.45, 2.75) is 103 Å². The van der Waals surface area contributed by atoms with Gasteiger partial charge in [0.25, 0.3) is 0 Å². The van der Waals surface area contributed by atoms with Gasteiger partial charge in [-0.1, -0.05) is 19.8 Å². The van der Waals surface area contributed by atoms with Crippen LogP contribution in [0.3, 0.4) is 0 Å². The molecule has 122 valence electrons. The lowest BCUT2D eigenvalue weighted by molar-refractivity contribution is 0.115. The second-order valence-electron chi connectivity index (χ2n) is 9.70. The van der Waals surface area contributed by atoms with Crippen LogP contribution in [-0.4, -0.2) is 23.2 Å². The second-order valence-corrected chi connectivity index (χ2v) is 9.70. The van der Waals surface area contributed by atoms with E-state index in [0.29, 0.717) is 6.04 Å². The summed E-state index contributed by atoms with van der Waals surface area (Å²) in [7, 11) is 0. The molecule has 4 atom stereocenters. The number of nitrogens with one attached hydrogen (secondary N) is 2. The summed E-state index contributed by atoms with van der Waals surface area (Å²) in [4.78, 5) is 0. The topological polar surface area (TPSA) is 24.1 Å². The normalized spacial score (nSPS) is 42.7. The van der Waals surface area contributed by atoms with Crippen LogP contribution in [0, 0.1) is 17.8 Å². The van der Waals surface area contributed by atoms with Crippen molar-refractivity contribution in [2.24, 2.45) is 17.8 Å². The molecule has 2 N–H and O–H groups in total. The van der Waals surface area contributed by atoms with Crippen LogP contribution in [0.15, 0.2) is 0 Å². The molecule has 0 aromatic carbocycles. The summed E-state index contributed by atoms with van der Waals surface area (Å²) in [6.45, 7) is 11.9. The van der Waals surface area contributed by atoms with Crippen molar-refractivity contribution in [3.63, 3.8) is 0 Å². The van der Waals surface area contributed by atoms with Crippen LogP contribution < -0.4 is 10.6 Å². The molecule has 0 radical (unpaired) electrons. The summed E-state index contributed by atoms with van der Waals surface area (Å²) in [5.41, 5.74) is 0.521. The maximum atomic E-state index is 4.12. The van der Waals surface area contributed by atoms with Crippen LogP contribution in [0.4, 0.5) is 0 Å². The predicted octanol–water partition coefficient (Wildman–Crippen LogP) is 4.10. The molecule has 0 aromatic heterocycles. The highest BCUT2D eigenvalue weighted by molar-refractivity contribution is 5.02. The molecule has 2 nitrogen and oxygen atoms in total. The molecule has 0 amide bonds. The monoisotopic (exact) mass is 292 g/mol. The first-order valence-electron chi connectivity index (χ1n) is 9.29. The Kier molecular flexibility index (Phi) is 4.16. The summed E-state index contributed by atoms with van der Waals surface area (Å²) in [5, 5.41) is 7.93. The quantitative estimate of drug-likeness (QED) is 0.800. The number of hydrogen-bond acceptors (Lipinski definition) is 2. The van der Waals surface area contributed by atoms with Crippen molar-refractivity contribution in [3.8, 4) is 0 Å². The van der Waals surface area contributed by atoms with Gasteiger partial charge in [-0.15, -0.1) is 0 Å². The number of hydrogen-bond donors (Lipinski definition) is 2. The summed E-state index contributed by atoms with van der Waals surface area (Å²) in [5.74, 6) is 2.95. The summed E-state index contributed by atoms with van der Waals surface area (Å²) in [6.07, 6.45) is 9.85. The Bertz CT molecular complexity index is 358. The molecule has 21 heavy (non-hydrogen) atoms. The molecule has 3 rings (SSSR count). The van der Waals surface area contributed by atoms with E-state index in [9.17, 15) is 0 Å². The predicted molar refractivity (Wildman–Crippen MR) is 90.5 cm³/mol. The highest BCUT2D eigenvalue weighted by atomic mass is 15.1. The van der Waals surface area contributed by atoms with Crippen molar-refractivity contribution in [3.05, 3.63) is 0 Å². The summed E-state index contributed by atoms with van der Waals surface area (Å²) >= 11 is 0. The van der Waals surface area contributed by atoms with E-state index in [-0.39, 0.29) is 11.1 Å². The van der Waals surface area contributed by atoms with E-state index in [1.54, 1.807) is 0 Å². The molecule has 3 aliphatic rings. The molecule has 2 heteroatoms. The molecule has 0 spiro atoms. The maximum Gasteiger partial charge on any atom is 0.0144 e. The number of fused-ring (bicyclic) bond motifs is 1. The van der Waals surface area contributed by atoms with E-state index in [0.717, 1.165) is 23.8 Å². The van der Waals surface area contributed by atoms with E-state index in [1.807, 2.05) is 0 Å². The average molecular weight is 293 g/mol. The molecule has 2 aliphatic carbocycles. The molecule has 3 fully saturated rings. The molecule has 0 bridgehead atoms. The van der Waals surface area contributed by atoms with Crippen LogP contribution in [0.2, 0.25) is 0 Å². The third kappa shape index (κ3) is 3.64. The van der Waals surface area contributed by atoms with Crippen molar-refractivity contribution in [1.29, 1.82) is 0 Å². The van der Waals surface area contributed by atoms with E-state index in [4.69, 9.17) is 0 Å². The van der Waals surface area contributed by atoms with Crippen molar-refractivity contribution in [1.82, 2.24) is 10.6 Å². The maximum absolute atomic E-state index is 4.12. The zero-order chi connectivity index (χ0) is 15.3. The van der Waals surface area contributed by atoms with E-state index < -0.39 is 0 Å². The molecular formula is C19H36N2. The highest BCUT2D eigenvalue weighted by Gasteiger charge is 2.43. The van der Waals surface area contributed by atoms with Gasteiger partial charge in [-0.25, -0.2) is 0 Å². The average Bonchev–Trinajstić information content (AvgIpc) is 2.66. The fourth-order valence-corrected chi connectivity index (χ4v) is 6.03. The van der Waals surface area contributed by atoms with Crippen LogP contribution in [0.25, 0.3) is 0 Å². The molecule has 4 unspecified atom stereocenters. The Morgan fingerprint density at radius 2 is 1.62 bits per heavy atom. The van der Waals surface area contributed by atoms with Gasteiger partial charge >= 0.3 is 0 Å². The van der Waals surface area contributed by atoms with Crippen LogP contribution >= 0.6 is 0 Å². The van der Waals surface area contributed by atoms with Gasteiger partial charge in [0.1, 0.15) is 0 Å². The molecule has 1 heterocycles. The standard InChI is InChI=1S/C19H36N2/c1-13-9-14-7-6-8-17(16(14)10-13)20-15-11-18(2,3)21-19(4,5)12-15/h13-17,20-21H,6-12H2,1-5H3. The molecule has 2 saturated carbocycles. The minimum atomic E-state index is 0.260. The van der Waals surface area contributed by atoms with Gasteiger partial charge in [0.15, 0.2) is 0 Å². The first kappa shape index (κ1) is 15.8. The first-order valence-corrected chi connectivity index (χ1v) is 9.29. The van der Waals surface area contributed by atoms with Gasteiger partial charge in [-0.05, 0) is 77.6 Å². The summed E-state index contributed by atoms with van der Waals surface area (Å²) in [6, 6.07) is 1.49. The number of rotatable bonds is 2. The van der Waals surface area contributed by atoms with Gasteiger partial charge < -0.3 is 10.6 Å².